The molecule has 0 saturated carbocycles. The van der Waals surface area contributed by atoms with Crippen LogP contribution >= 0.6 is 22.6 Å². The van der Waals surface area contributed by atoms with Crippen molar-refractivity contribution in [1.29, 1.82) is 0 Å². The third-order valence-corrected chi connectivity index (χ3v) is 4.58. The quantitative estimate of drug-likeness (QED) is 0.335. The highest BCUT2D eigenvalue weighted by atomic mass is 127. The fourth-order valence-electron chi connectivity index (χ4n) is 2.38. The molecule has 0 N–H and O–H groups in total. The molecule has 2 heteroatoms. The summed E-state index contributed by atoms with van der Waals surface area (Å²) in [6, 6.07) is 4.17. The summed E-state index contributed by atoms with van der Waals surface area (Å²) in [6.07, 6.45) is 17.1. The van der Waals surface area contributed by atoms with Crippen LogP contribution in [0.4, 0.5) is 0 Å². The van der Waals surface area contributed by atoms with Crippen LogP contribution in [0, 0.1) is 3.57 Å². The van der Waals surface area contributed by atoms with E-state index in [1.807, 2.05) is 12.3 Å². The zero-order valence-electron chi connectivity index (χ0n) is 12.3. The van der Waals surface area contributed by atoms with Crippen molar-refractivity contribution >= 4 is 22.6 Å². The second-order valence-corrected chi connectivity index (χ2v) is 6.53. The third-order valence-electron chi connectivity index (χ3n) is 3.60. The van der Waals surface area contributed by atoms with Gasteiger partial charge in [-0.15, -0.1) is 0 Å². The van der Waals surface area contributed by atoms with Crippen LogP contribution in [-0.2, 0) is 6.42 Å². The van der Waals surface area contributed by atoms with Gasteiger partial charge in [-0.05, 0) is 47.6 Å². The van der Waals surface area contributed by atoms with Crippen molar-refractivity contribution in [2.24, 2.45) is 0 Å². The van der Waals surface area contributed by atoms with Crippen molar-refractivity contribution in [3.63, 3.8) is 0 Å². The minimum absolute atomic E-state index is 1.15. The third kappa shape index (κ3) is 8.61. The Morgan fingerprint density at radius 2 is 1.47 bits per heavy atom. The zero-order valence-corrected chi connectivity index (χ0v) is 14.5. The van der Waals surface area contributed by atoms with E-state index in [-0.39, 0.29) is 0 Å². The summed E-state index contributed by atoms with van der Waals surface area (Å²) in [4.78, 5) is 4.45. The lowest BCUT2D eigenvalue weighted by Crippen LogP contribution is -1.93. The van der Waals surface area contributed by atoms with Crippen LogP contribution in [0.25, 0.3) is 0 Å². The van der Waals surface area contributed by atoms with E-state index < -0.39 is 0 Å². The largest absolute Gasteiger partial charge is 0.260 e. The maximum Gasteiger partial charge on any atom is 0.0536 e. The number of rotatable bonds is 11. The van der Waals surface area contributed by atoms with Gasteiger partial charge in [0.25, 0.3) is 0 Å². The Morgan fingerprint density at radius 3 is 2.05 bits per heavy atom. The average molecular weight is 373 g/mol. The van der Waals surface area contributed by atoms with E-state index >= 15 is 0 Å². The predicted octanol–water partition coefficient (Wildman–Crippen LogP) is 6.15. The fraction of sp³-hybridized carbons (Fsp3) is 0.706. The molecule has 0 aliphatic heterocycles. The summed E-state index contributed by atoms with van der Waals surface area (Å²) in [5.41, 5.74) is 1.28. The van der Waals surface area contributed by atoms with Gasteiger partial charge in [0, 0.05) is 9.77 Å². The van der Waals surface area contributed by atoms with Gasteiger partial charge < -0.3 is 0 Å². The zero-order chi connectivity index (χ0) is 13.8. The molecule has 1 aromatic rings. The standard InChI is InChI=1S/C17H28IN/c1-2-3-4-5-6-7-8-9-10-11-14-17-16(18)13-12-15-19-17/h12-13,15H,2-11,14H2,1H3. The minimum atomic E-state index is 1.15. The van der Waals surface area contributed by atoms with Gasteiger partial charge in [0.05, 0.1) is 5.69 Å². The Hall–Kier alpha value is -0.120. The van der Waals surface area contributed by atoms with Crippen LogP contribution in [0.5, 0.6) is 0 Å². The van der Waals surface area contributed by atoms with Crippen molar-refractivity contribution < 1.29 is 0 Å². The molecule has 0 aliphatic carbocycles. The lowest BCUT2D eigenvalue weighted by atomic mass is 10.1. The van der Waals surface area contributed by atoms with Gasteiger partial charge in [-0.1, -0.05) is 64.7 Å². The monoisotopic (exact) mass is 373 g/mol. The first kappa shape index (κ1) is 16.9. The van der Waals surface area contributed by atoms with Crippen LogP contribution in [0.3, 0.4) is 0 Å². The molecule has 0 spiro atoms. The molecule has 0 aromatic carbocycles. The minimum Gasteiger partial charge on any atom is -0.260 e. The second-order valence-electron chi connectivity index (χ2n) is 5.36. The number of halogens is 1. The molecule has 0 radical (unpaired) electrons. The van der Waals surface area contributed by atoms with Gasteiger partial charge in [-0.25, -0.2) is 0 Å². The van der Waals surface area contributed by atoms with Crippen molar-refractivity contribution in [2.75, 3.05) is 0 Å². The molecule has 0 atom stereocenters. The SMILES string of the molecule is CCCCCCCCCCCCc1ncccc1I. The Balaban J connectivity index is 1.90. The molecule has 0 unspecified atom stereocenters. The summed E-state index contributed by atoms with van der Waals surface area (Å²) < 4.78 is 1.32. The summed E-state index contributed by atoms with van der Waals surface area (Å²) >= 11 is 2.39. The Bertz CT molecular complexity index is 325. The highest BCUT2D eigenvalue weighted by Gasteiger charge is 1.99. The molecular weight excluding hydrogens is 345 g/mol. The van der Waals surface area contributed by atoms with Crippen molar-refractivity contribution in [1.82, 2.24) is 4.98 Å². The number of nitrogens with zero attached hydrogens (tertiary/aromatic N) is 1. The molecule has 108 valence electrons. The molecule has 0 aliphatic rings. The van der Waals surface area contributed by atoms with E-state index in [9.17, 15) is 0 Å². The first-order valence-electron chi connectivity index (χ1n) is 7.94. The van der Waals surface area contributed by atoms with Gasteiger partial charge in [-0.2, -0.15) is 0 Å². The van der Waals surface area contributed by atoms with Crippen LogP contribution in [0.2, 0.25) is 0 Å². The topological polar surface area (TPSA) is 12.9 Å². The summed E-state index contributed by atoms with van der Waals surface area (Å²) in [5, 5.41) is 0. The number of unbranched alkanes of at least 4 members (excludes halogenated alkanes) is 9. The molecule has 0 fully saturated rings. The van der Waals surface area contributed by atoms with Crippen molar-refractivity contribution in [2.45, 2.75) is 77.6 Å². The van der Waals surface area contributed by atoms with Crippen molar-refractivity contribution in [3.8, 4) is 0 Å². The second kappa shape index (κ2) is 11.7. The first-order valence-corrected chi connectivity index (χ1v) is 9.02. The van der Waals surface area contributed by atoms with Crippen LogP contribution in [0.15, 0.2) is 18.3 Å². The normalized spacial score (nSPS) is 10.8. The van der Waals surface area contributed by atoms with E-state index in [0.29, 0.717) is 0 Å². The molecule has 1 heterocycles. The van der Waals surface area contributed by atoms with Gasteiger partial charge in [0.2, 0.25) is 0 Å². The van der Waals surface area contributed by atoms with Gasteiger partial charge in [-0.3, -0.25) is 4.98 Å². The molecule has 0 saturated heterocycles. The Labute approximate surface area is 132 Å². The Kier molecular flexibility index (Phi) is 10.4. The van der Waals surface area contributed by atoms with Crippen molar-refractivity contribution in [3.05, 3.63) is 27.6 Å². The lowest BCUT2D eigenvalue weighted by molar-refractivity contribution is 0.555. The number of hydrogen-bond acceptors (Lipinski definition) is 1. The van der Waals surface area contributed by atoms with E-state index in [1.54, 1.807) is 0 Å². The molecule has 19 heavy (non-hydrogen) atoms. The smallest absolute Gasteiger partial charge is 0.0536 e. The molecular formula is C17H28IN. The fourth-order valence-corrected chi connectivity index (χ4v) is 3.00. The number of pyridine rings is 1. The Morgan fingerprint density at radius 1 is 0.895 bits per heavy atom. The maximum atomic E-state index is 4.45. The predicted molar refractivity (Wildman–Crippen MR) is 92.5 cm³/mol. The molecule has 0 amide bonds. The van der Waals surface area contributed by atoms with Crippen LogP contribution in [-0.4, -0.2) is 4.98 Å². The highest BCUT2D eigenvalue weighted by Crippen LogP contribution is 2.14. The lowest BCUT2D eigenvalue weighted by Gasteiger charge is -2.04. The molecule has 1 nitrogen and oxygen atoms in total. The van der Waals surface area contributed by atoms with Gasteiger partial charge >= 0.3 is 0 Å². The van der Waals surface area contributed by atoms with Gasteiger partial charge in [0.1, 0.15) is 0 Å². The number of aromatic nitrogens is 1. The van der Waals surface area contributed by atoms with Crippen LogP contribution in [0.1, 0.15) is 76.8 Å². The maximum absolute atomic E-state index is 4.45. The highest BCUT2D eigenvalue weighted by molar-refractivity contribution is 14.1. The average Bonchev–Trinajstić information content (AvgIpc) is 2.43. The molecule has 1 rings (SSSR count). The first-order chi connectivity index (χ1) is 9.34. The number of aryl methyl sites for hydroxylation is 1. The van der Waals surface area contributed by atoms with E-state index in [1.165, 1.54) is 73.5 Å². The van der Waals surface area contributed by atoms with Gasteiger partial charge in [0.15, 0.2) is 0 Å². The van der Waals surface area contributed by atoms with Crippen LogP contribution < -0.4 is 0 Å². The van der Waals surface area contributed by atoms with E-state index in [2.05, 4.69) is 40.6 Å². The van der Waals surface area contributed by atoms with E-state index in [0.717, 1.165) is 6.42 Å². The van der Waals surface area contributed by atoms with E-state index in [4.69, 9.17) is 0 Å². The molecule has 1 aromatic heterocycles. The molecule has 0 bridgehead atoms. The summed E-state index contributed by atoms with van der Waals surface area (Å²) in [7, 11) is 0. The summed E-state index contributed by atoms with van der Waals surface area (Å²) in [6.45, 7) is 2.28. The number of hydrogen-bond donors (Lipinski definition) is 0. The summed E-state index contributed by atoms with van der Waals surface area (Å²) in [5.74, 6) is 0.